The Morgan fingerprint density at radius 3 is 2.25 bits per heavy atom. The summed E-state index contributed by atoms with van der Waals surface area (Å²) in [6.45, 7) is 7.74. The standard InChI is InChI=1S/C19H22BrN3O/c1-12-6-5-7-13(2)18(12)21-15(4)19(24)23-22-14(3)16-8-10-17(20)11-9-16/h5-11,15,21H,1-4H3,(H,23,24)/t15-/m0/s1. The van der Waals surface area contributed by atoms with Gasteiger partial charge in [-0.2, -0.15) is 5.10 Å². The van der Waals surface area contributed by atoms with Crippen molar-refractivity contribution in [1.82, 2.24) is 5.43 Å². The van der Waals surface area contributed by atoms with E-state index < -0.39 is 0 Å². The van der Waals surface area contributed by atoms with Crippen LogP contribution in [0.2, 0.25) is 0 Å². The predicted octanol–water partition coefficient (Wildman–Crippen LogP) is 4.41. The number of halogens is 1. The van der Waals surface area contributed by atoms with Crippen molar-refractivity contribution in [2.24, 2.45) is 5.10 Å². The Kier molecular flexibility index (Phi) is 6.15. The summed E-state index contributed by atoms with van der Waals surface area (Å²) in [6.07, 6.45) is 0. The topological polar surface area (TPSA) is 53.5 Å². The van der Waals surface area contributed by atoms with Gasteiger partial charge in [0.2, 0.25) is 0 Å². The lowest BCUT2D eigenvalue weighted by molar-refractivity contribution is -0.121. The third kappa shape index (κ3) is 4.68. The minimum absolute atomic E-state index is 0.172. The Labute approximate surface area is 151 Å². The first-order valence-corrected chi connectivity index (χ1v) is 8.60. The van der Waals surface area contributed by atoms with Gasteiger partial charge in [0.15, 0.2) is 0 Å². The number of carbonyl (C=O) groups is 1. The molecule has 1 amide bonds. The normalized spacial score (nSPS) is 12.6. The van der Waals surface area contributed by atoms with Crippen LogP contribution in [0.25, 0.3) is 0 Å². The average molecular weight is 388 g/mol. The first kappa shape index (κ1) is 18.2. The van der Waals surface area contributed by atoms with Gasteiger partial charge in [-0.25, -0.2) is 5.43 Å². The molecule has 0 aliphatic heterocycles. The maximum absolute atomic E-state index is 12.3. The zero-order chi connectivity index (χ0) is 17.7. The number of hydrogen-bond donors (Lipinski definition) is 2. The van der Waals surface area contributed by atoms with Gasteiger partial charge in [-0.15, -0.1) is 0 Å². The van der Waals surface area contributed by atoms with Gasteiger partial charge < -0.3 is 5.32 Å². The molecule has 2 rings (SSSR count). The molecule has 2 aromatic rings. The van der Waals surface area contributed by atoms with Gasteiger partial charge in [-0.3, -0.25) is 4.79 Å². The highest BCUT2D eigenvalue weighted by molar-refractivity contribution is 9.10. The number of aryl methyl sites for hydroxylation is 2. The molecule has 0 unspecified atom stereocenters. The van der Waals surface area contributed by atoms with Crippen molar-refractivity contribution < 1.29 is 4.79 Å². The van der Waals surface area contributed by atoms with Crippen molar-refractivity contribution in [1.29, 1.82) is 0 Å². The van der Waals surface area contributed by atoms with Crippen molar-refractivity contribution in [3.8, 4) is 0 Å². The number of nitrogens with zero attached hydrogens (tertiary/aromatic N) is 1. The zero-order valence-corrected chi connectivity index (χ0v) is 15.9. The van der Waals surface area contributed by atoms with Gasteiger partial charge in [0.1, 0.15) is 6.04 Å². The van der Waals surface area contributed by atoms with E-state index in [1.807, 2.05) is 70.2 Å². The summed E-state index contributed by atoms with van der Waals surface area (Å²) in [5.74, 6) is -0.172. The van der Waals surface area contributed by atoms with E-state index in [0.717, 1.165) is 32.6 Å². The van der Waals surface area contributed by atoms with Gasteiger partial charge in [-0.1, -0.05) is 46.3 Å². The summed E-state index contributed by atoms with van der Waals surface area (Å²) < 4.78 is 1.01. The highest BCUT2D eigenvalue weighted by Gasteiger charge is 2.14. The summed E-state index contributed by atoms with van der Waals surface area (Å²) in [4.78, 5) is 12.3. The molecule has 2 N–H and O–H groups in total. The smallest absolute Gasteiger partial charge is 0.262 e. The van der Waals surface area contributed by atoms with Crippen LogP contribution in [-0.4, -0.2) is 17.7 Å². The van der Waals surface area contributed by atoms with E-state index in [9.17, 15) is 4.79 Å². The van der Waals surface area contributed by atoms with Crippen molar-refractivity contribution >= 4 is 33.2 Å². The molecule has 2 aromatic carbocycles. The van der Waals surface area contributed by atoms with E-state index in [1.165, 1.54) is 0 Å². The van der Waals surface area contributed by atoms with Gasteiger partial charge in [0.05, 0.1) is 5.71 Å². The second kappa shape index (κ2) is 8.11. The van der Waals surface area contributed by atoms with E-state index in [-0.39, 0.29) is 11.9 Å². The fourth-order valence-electron chi connectivity index (χ4n) is 2.32. The fraction of sp³-hybridized carbons (Fsp3) is 0.263. The molecule has 5 heteroatoms. The summed E-state index contributed by atoms with van der Waals surface area (Å²) >= 11 is 3.40. The molecule has 0 bridgehead atoms. The van der Waals surface area contributed by atoms with Crippen LogP contribution in [-0.2, 0) is 4.79 Å². The molecular formula is C19H22BrN3O. The van der Waals surface area contributed by atoms with Gasteiger partial charge in [0.25, 0.3) is 5.91 Å². The predicted molar refractivity (Wildman–Crippen MR) is 103 cm³/mol. The minimum Gasteiger partial charge on any atom is -0.373 e. The Balaban J connectivity index is 2.01. The number of rotatable bonds is 5. The lowest BCUT2D eigenvalue weighted by Gasteiger charge is -2.17. The molecule has 0 heterocycles. The number of hydrazone groups is 1. The molecule has 0 spiro atoms. The molecule has 0 saturated carbocycles. The van der Waals surface area contributed by atoms with E-state index in [1.54, 1.807) is 0 Å². The number of carbonyl (C=O) groups excluding carboxylic acids is 1. The summed E-state index contributed by atoms with van der Waals surface area (Å²) in [5, 5.41) is 7.46. The molecule has 0 aliphatic carbocycles. The van der Waals surface area contributed by atoms with E-state index in [2.05, 4.69) is 31.8 Å². The SMILES string of the molecule is CC(=NNC(=O)[C@H](C)Nc1c(C)cccc1C)c1ccc(Br)cc1. The van der Waals surface area contributed by atoms with E-state index >= 15 is 0 Å². The molecule has 0 aromatic heterocycles. The number of amides is 1. The Bertz CT molecular complexity index is 733. The Morgan fingerprint density at radius 1 is 1.08 bits per heavy atom. The first-order chi connectivity index (χ1) is 11.4. The van der Waals surface area contributed by atoms with Crippen LogP contribution in [0.3, 0.4) is 0 Å². The molecule has 0 radical (unpaired) electrons. The van der Waals surface area contributed by atoms with Crippen LogP contribution in [0.15, 0.2) is 52.0 Å². The monoisotopic (exact) mass is 387 g/mol. The lowest BCUT2D eigenvalue weighted by atomic mass is 10.1. The Morgan fingerprint density at radius 2 is 1.67 bits per heavy atom. The maximum Gasteiger partial charge on any atom is 0.262 e. The molecular weight excluding hydrogens is 366 g/mol. The minimum atomic E-state index is -0.383. The maximum atomic E-state index is 12.3. The van der Waals surface area contributed by atoms with Crippen molar-refractivity contribution in [3.05, 3.63) is 63.6 Å². The molecule has 0 fully saturated rings. The highest BCUT2D eigenvalue weighted by atomic mass is 79.9. The van der Waals surface area contributed by atoms with E-state index in [4.69, 9.17) is 0 Å². The molecule has 126 valence electrons. The molecule has 1 atom stereocenters. The zero-order valence-electron chi connectivity index (χ0n) is 14.4. The lowest BCUT2D eigenvalue weighted by Crippen LogP contribution is -2.35. The summed E-state index contributed by atoms with van der Waals surface area (Å²) in [5.41, 5.74) is 7.58. The van der Waals surface area contributed by atoms with Gasteiger partial charge >= 0.3 is 0 Å². The first-order valence-electron chi connectivity index (χ1n) is 7.81. The third-order valence-electron chi connectivity index (χ3n) is 3.83. The van der Waals surface area contributed by atoms with Gasteiger partial charge in [0, 0.05) is 10.2 Å². The Hall–Kier alpha value is -2.14. The van der Waals surface area contributed by atoms with Crippen LogP contribution >= 0.6 is 15.9 Å². The van der Waals surface area contributed by atoms with Crippen LogP contribution in [0, 0.1) is 13.8 Å². The quantitative estimate of drug-likeness (QED) is 0.589. The summed E-state index contributed by atoms with van der Waals surface area (Å²) in [6, 6.07) is 13.5. The number of benzene rings is 2. The second-order valence-electron chi connectivity index (χ2n) is 5.81. The average Bonchev–Trinajstić information content (AvgIpc) is 2.56. The van der Waals surface area contributed by atoms with Crippen LogP contribution in [0.1, 0.15) is 30.5 Å². The highest BCUT2D eigenvalue weighted by Crippen LogP contribution is 2.20. The van der Waals surface area contributed by atoms with Crippen LogP contribution in [0.5, 0.6) is 0 Å². The molecule has 24 heavy (non-hydrogen) atoms. The number of nitrogens with one attached hydrogen (secondary N) is 2. The number of para-hydroxylation sites is 1. The number of anilines is 1. The van der Waals surface area contributed by atoms with E-state index in [0.29, 0.717) is 0 Å². The largest absolute Gasteiger partial charge is 0.373 e. The van der Waals surface area contributed by atoms with Crippen molar-refractivity contribution in [2.75, 3.05) is 5.32 Å². The van der Waals surface area contributed by atoms with Crippen molar-refractivity contribution in [3.63, 3.8) is 0 Å². The van der Waals surface area contributed by atoms with Crippen LogP contribution in [0.4, 0.5) is 5.69 Å². The number of hydrogen-bond acceptors (Lipinski definition) is 3. The van der Waals surface area contributed by atoms with Gasteiger partial charge in [-0.05, 0) is 56.5 Å². The van der Waals surface area contributed by atoms with Crippen LogP contribution < -0.4 is 10.7 Å². The van der Waals surface area contributed by atoms with Crippen molar-refractivity contribution in [2.45, 2.75) is 33.7 Å². The molecule has 0 saturated heterocycles. The second-order valence-corrected chi connectivity index (χ2v) is 6.73. The third-order valence-corrected chi connectivity index (χ3v) is 4.36. The molecule has 4 nitrogen and oxygen atoms in total. The fourth-order valence-corrected chi connectivity index (χ4v) is 2.58. The summed E-state index contributed by atoms with van der Waals surface area (Å²) in [7, 11) is 0. The molecule has 0 aliphatic rings.